The van der Waals surface area contributed by atoms with Gasteiger partial charge in [0, 0.05) is 18.4 Å². The van der Waals surface area contributed by atoms with E-state index in [4.69, 9.17) is 10.5 Å². The number of nitrogens with two attached hydrogens (primary N) is 1. The van der Waals surface area contributed by atoms with Crippen molar-refractivity contribution in [2.24, 2.45) is 12.8 Å². The van der Waals surface area contributed by atoms with Crippen LogP contribution in [0.15, 0.2) is 0 Å². The van der Waals surface area contributed by atoms with Crippen LogP contribution >= 0.6 is 0 Å². The van der Waals surface area contributed by atoms with Crippen molar-refractivity contribution in [3.05, 3.63) is 22.5 Å². The van der Waals surface area contributed by atoms with E-state index in [1.165, 1.54) is 7.11 Å². The quantitative estimate of drug-likeness (QED) is 0.785. The zero-order valence-corrected chi connectivity index (χ0v) is 10.5. The summed E-state index contributed by atoms with van der Waals surface area (Å²) in [6, 6.07) is 0. The first kappa shape index (κ1) is 12.8. The van der Waals surface area contributed by atoms with Crippen molar-refractivity contribution in [3.63, 3.8) is 0 Å². The summed E-state index contributed by atoms with van der Waals surface area (Å²) in [4.78, 5) is 11.7. The number of hydrogen-bond donors (Lipinski definition) is 1. The number of esters is 1. The molecule has 16 heavy (non-hydrogen) atoms. The maximum Gasteiger partial charge on any atom is 0.339 e. The summed E-state index contributed by atoms with van der Waals surface area (Å²) in [6.45, 7) is 4.59. The number of ether oxygens (including phenoxy) is 1. The Labute approximate surface area is 96.4 Å². The highest BCUT2D eigenvalue weighted by Crippen LogP contribution is 2.23. The Balaban J connectivity index is 3.22. The molecule has 0 saturated carbocycles. The standard InChI is InChI=1S/C12H20N2O2/c1-8-10(6-5-7-13)11(12(15)16-4)9(2)14(8)3/h5-7,13H2,1-4H3. The van der Waals surface area contributed by atoms with Crippen LogP contribution in [0.25, 0.3) is 0 Å². The minimum absolute atomic E-state index is 0.256. The van der Waals surface area contributed by atoms with Crippen LogP contribution in [0.2, 0.25) is 0 Å². The first-order chi connectivity index (χ1) is 7.54. The van der Waals surface area contributed by atoms with Crippen molar-refractivity contribution >= 4 is 5.97 Å². The molecule has 4 heteroatoms. The number of carbonyl (C=O) groups excluding carboxylic acids is 1. The largest absolute Gasteiger partial charge is 0.465 e. The van der Waals surface area contributed by atoms with E-state index >= 15 is 0 Å². The van der Waals surface area contributed by atoms with Gasteiger partial charge in [-0.15, -0.1) is 0 Å². The Hall–Kier alpha value is -1.29. The van der Waals surface area contributed by atoms with Crippen LogP contribution in [-0.2, 0) is 18.2 Å². The van der Waals surface area contributed by atoms with E-state index in [9.17, 15) is 4.79 Å². The predicted octanol–water partition coefficient (Wildman–Crippen LogP) is 1.32. The number of hydrogen-bond acceptors (Lipinski definition) is 3. The minimum Gasteiger partial charge on any atom is -0.465 e. The van der Waals surface area contributed by atoms with Gasteiger partial charge in [-0.2, -0.15) is 0 Å². The summed E-state index contributed by atoms with van der Waals surface area (Å²) >= 11 is 0. The van der Waals surface area contributed by atoms with Gasteiger partial charge in [0.2, 0.25) is 0 Å². The van der Waals surface area contributed by atoms with Gasteiger partial charge in [0.25, 0.3) is 0 Å². The third-order valence-corrected chi connectivity index (χ3v) is 3.13. The summed E-state index contributed by atoms with van der Waals surface area (Å²) in [5, 5.41) is 0. The Morgan fingerprint density at radius 1 is 1.38 bits per heavy atom. The first-order valence-corrected chi connectivity index (χ1v) is 5.47. The van der Waals surface area contributed by atoms with E-state index in [2.05, 4.69) is 0 Å². The molecule has 0 aliphatic rings. The van der Waals surface area contributed by atoms with Crippen molar-refractivity contribution < 1.29 is 9.53 Å². The van der Waals surface area contributed by atoms with E-state index in [0.29, 0.717) is 12.1 Å². The molecular formula is C12H20N2O2. The fraction of sp³-hybridized carbons (Fsp3) is 0.583. The van der Waals surface area contributed by atoms with Crippen molar-refractivity contribution in [1.29, 1.82) is 0 Å². The maximum absolute atomic E-state index is 11.7. The summed E-state index contributed by atoms with van der Waals surface area (Å²) < 4.78 is 6.85. The lowest BCUT2D eigenvalue weighted by Crippen LogP contribution is -2.07. The molecule has 0 unspecified atom stereocenters. The smallest absolute Gasteiger partial charge is 0.339 e. The molecule has 0 saturated heterocycles. The number of methoxy groups -OCH3 is 1. The number of rotatable bonds is 4. The summed E-state index contributed by atoms with van der Waals surface area (Å²) in [6.07, 6.45) is 1.71. The summed E-state index contributed by atoms with van der Waals surface area (Å²) in [5.41, 5.74) is 9.35. The van der Waals surface area contributed by atoms with Crippen LogP contribution in [0, 0.1) is 13.8 Å². The van der Waals surface area contributed by atoms with Crippen LogP contribution in [0.5, 0.6) is 0 Å². The van der Waals surface area contributed by atoms with E-state index in [1.807, 2.05) is 25.5 Å². The molecule has 1 aromatic rings. The van der Waals surface area contributed by atoms with Gasteiger partial charge in [0.1, 0.15) is 0 Å². The molecule has 0 aliphatic heterocycles. The van der Waals surface area contributed by atoms with Crippen molar-refractivity contribution in [1.82, 2.24) is 4.57 Å². The van der Waals surface area contributed by atoms with E-state index in [1.54, 1.807) is 0 Å². The molecule has 0 radical (unpaired) electrons. The second-order valence-electron chi connectivity index (χ2n) is 3.97. The third-order valence-electron chi connectivity index (χ3n) is 3.13. The van der Waals surface area contributed by atoms with Crippen molar-refractivity contribution in [3.8, 4) is 0 Å². The third kappa shape index (κ3) is 2.11. The molecule has 0 aliphatic carbocycles. The molecule has 0 aromatic carbocycles. The first-order valence-electron chi connectivity index (χ1n) is 5.47. The number of carbonyl (C=O) groups is 1. The molecule has 0 amide bonds. The Morgan fingerprint density at radius 3 is 2.50 bits per heavy atom. The van der Waals surface area contributed by atoms with Gasteiger partial charge in [-0.3, -0.25) is 0 Å². The second kappa shape index (κ2) is 5.16. The highest BCUT2D eigenvalue weighted by atomic mass is 16.5. The van der Waals surface area contributed by atoms with Crippen molar-refractivity contribution in [2.75, 3.05) is 13.7 Å². The maximum atomic E-state index is 11.7. The van der Waals surface area contributed by atoms with Gasteiger partial charge in [0.15, 0.2) is 0 Å². The van der Waals surface area contributed by atoms with E-state index < -0.39 is 0 Å². The molecule has 90 valence electrons. The zero-order valence-electron chi connectivity index (χ0n) is 10.5. The molecule has 0 spiro atoms. The monoisotopic (exact) mass is 224 g/mol. The van der Waals surface area contributed by atoms with Gasteiger partial charge in [-0.25, -0.2) is 4.79 Å². The molecule has 1 aromatic heterocycles. The van der Waals surface area contributed by atoms with Gasteiger partial charge < -0.3 is 15.0 Å². The number of nitrogens with zero attached hydrogens (tertiary/aromatic N) is 1. The average molecular weight is 224 g/mol. The van der Waals surface area contributed by atoms with Crippen LogP contribution in [-0.4, -0.2) is 24.2 Å². The van der Waals surface area contributed by atoms with Gasteiger partial charge >= 0.3 is 5.97 Å². The lowest BCUT2D eigenvalue weighted by Gasteiger charge is -2.03. The van der Waals surface area contributed by atoms with Gasteiger partial charge in [-0.05, 0) is 38.8 Å². The minimum atomic E-state index is -0.256. The second-order valence-corrected chi connectivity index (χ2v) is 3.97. The fourth-order valence-corrected chi connectivity index (χ4v) is 1.98. The summed E-state index contributed by atoms with van der Waals surface area (Å²) in [7, 11) is 3.37. The highest BCUT2D eigenvalue weighted by molar-refractivity contribution is 5.93. The molecule has 4 nitrogen and oxygen atoms in total. The molecule has 1 heterocycles. The van der Waals surface area contributed by atoms with Crippen LogP contribution < -0.4 is 5.73 Å². The highest BCUT2D eigenvalue weighted by Gasteiger charge is 2.21. The van der Waals surface area contributed by atoms with Crippen molar-refractivity contribution in [2.45, 2.75) is 26.7 Å². The average Bonchev–Trinajstić information content (AvgIpc) is 2.50. The molecule has 2 N–H and O–H groups in total. The zero-order chi connectivity index (χ0) is 12.3. The van der Waals surface area contributed by atoms with Gasteiger partial charge in [-0.1, -0.05) is 0 Å². The Bertz CT molecular complexity index is 394. The van der Waals surface area contributed by atoms with E-state index in [0.717, 1.165) is 29.8 Å². The van der Waals surface area contributed by atoms with Crippen LogP contribution in [0.1, 0.15) is 33.7 Å². The molecule has 0 bridgehead atoms. The SMILES string of the molecule is COC(=O)c1c(CCCN)c(C)n(C)c1C. The fourth-order valence-electron chi connectivity index (χ4n) is 1.98. The Morgan fingerprint density at radius 2 is 2.00 bits per heavy atom. The topological polar surface area (TPSA) is 57.2 Å². The van der Waals surface area contributed by atoms with Gasteiger partial charge in [0.05, 0.1) is 12.7 Å². The number of aromatic nitrogens is 1. The van der Waals surface area contributed by atoms with Crippen LogP contribution in [0.4, 0.5) is 0 Å². The Kier molecular flexibility index (Phi) is 4.12. The molecule has 0 atom stereocenters. The summed E-state index contributed by atoms with van der Waals surface area (Å²) in [5.74, 6) is -0.256. The van der Waals surface area contributed by atoms with Crippen LogP contribution in [0.3, 0.4) is 0 Å². The lowest BCUT2D eigenvalue weighted by atomic mass is 10.0. The van der Waals surface area contributed by atoms with E-state index in [-0.39, 0.29) is 5.97 Å². The normalized spacial score (nSPS) is 10.6. The molecule has 0 fully saturated rings. The molecule has 1 rings (SSSR count). The lowest BCUT2D eigenvalue weighted by molar-refractivity contribution is 0.0598. The molecular weight excluding hydrogens is 204 g/mol. The predicted molar refractivity (Wildman–Crippen MR) is 63.6 cm³/mol.